The summed E-state index contributed by atoms with van der Waals surface area (Å²) in [6.07, 6.45) is 0.316. The van der Waals surface area contributed by atoms with Crippen molar-refractivity contribution in [1.82, 2.24) is 4.98 Å². The number of fused-ring (bicyclic) bond motifs is 1. The van der Waals surface area contributed by atoms with Gasteiger partial charge in [0.2, 0.25) is 5.91 Å². The van der Waals surface area contributed by atoms with Gasteiger partial charge in [-0.25, -0.2) is 4.79 Å². The fourth-order valence-electron chi connectivity index (χ4n) is 1.84. The number of para-hydroxylation sites is 1. The van der Waals surface area contributed by atoms with Crippen molar-refractivity contribution in [3.8, 4) is 0 Å². The second kappa shape index (κ2) is 4.74. The Morgan fingerprint density at radius 3 is 3.00 bits per heavy atom. The lowest BCUT2D eigenvalue weighted by molar-refractivity contribution is -0.115. The van der Waals surface area contributed by atoms with Gasteiger partial charge >= 0.3 is 5.76 Å². The lowest BCUT2D eigenvalue weighted by Gasteiger charge is -2.04. The first-order chi connectivity index (χ1) is 9.22. The topological polar surface area (TPSA) is 75.1 Å². The quantitative estimate of drug-likeness (QED) is 0.770. The number of hydrogen-bond donors (Lipinski definition) is 2. The highest BCUT2D eigenvalue weighted by molar-refractivity contribution is 7.10. The normalized spacial score (nSPS) is 10.7. The number of aromatic amines is 1. The summed E-state index contributed by atoms with van der Waals surface area (Å²) in [4.78, 5) is 26.6. The Hall–Kier alpha value is -2.34. The predicted octanol–water partition coefficient (Wildman–Crippen LogP) is 2.36. The van der Waals surface area contributed by atoms with Crippen LogP contribution in [0.2, 0.25) is 0 Å². The highest BCUT2D eigenvalue weighted by atomic mass is 32.1. The molecule has 2 N–H and O–H groups in total. The molecule has 0 aliphatic heterocycles. The molecule has 0 aliphatic carbocycles. The molecule has 0 saturated heterocycles. The van der Waals surface area contributed by atoms with Gasteiger partial charge in [-0.05, 0) is 23.6 Å². The fourth-order valence-corrected chi connectivity index (χ4v) is 2.55. The number of carbonyl (C=O) groups excluding carboxylic acids is 1. The zero-order valence-corrected chi connectivity index (χ0v) is 10.6. The fraction of sp³-hybridized carbons (Fsp3) is 0.0769. The highest BCUT2D eigenvalue weighted by Gasteiger charge is 2.10. The molecule has 2 aromatic heterocycles. The van der Waals surface area contributed by atoms with Crippen molar-refractivity contribution in [1.29, 1.82) is 0 Å². The van der Waals surface area contributed by atoms with Gasteiger partial charge in [0, 0.05) is 4.88 Å². The minimum atomic E-state index is -0.532. The molecule has 3 rings (SSSR count). The van der Waals surface area contributed by atoms with Gasteiger partial charge in [0.05, 0.1) is 12.1 Å². The van der Waals surface area contributed by atoms with E-state index in [0.717, 1.165) is 4.88 Å². The third-order valence-corrected chi connectivity index (χ3v) is 3.52. The number of rotatable bonds is 3. The standard InChI is InChI=1S/C13H10N2O3S/c16-11(7-8-3-2-6-19-8)14-9-4-1-5-10-12(9)15-13(17)18-10/h1-6H,7H2,(H,14,16)(H,15,17). The summed E-state index contributed by atoms with van der Waals surface area (Å²) in [5.74, 6) is -0.660. The van der Waals surface area contributed by atoms with Crippen LogP contribution in [-0.4, -0.2) is 10.9 Å². The highest BCUT2D eigenvalue weighted by Crippen LogP contribution is 2.20. The Balaban J connectivity index is 1.85. The number of amides is 1. The maximum Gasteiger partial charge on any atom is 0.417 e. The molecule has 0 aliphatic rings. The van der Waals surface area contributed by atoms with Gasteiger partial charge in [0.1, 0.15) is 5.52 Å². The SMILES string of the molecule is O=C(Cc1cccs1)Nc1cccc2oc(=O)[nH]c12. The van der Waals surface area contributed by atoms with Gasteiger partial charge in [0.25, 0.3) is 0 Å². The molecular formula is C13H10N2O3S. The van der Waals surface area contributed by atoms with Crippen LogP contribution in [0.5, 0.6) is 0 Å². The van der Waals surface area contributed by atoms with Gasteiger partial charge in [-0.15, -0.1) is 11.3 Å². The Labute approximate surface area is 111 Å². The van der Waals surface area contributed by atoms with E-state index >= 15 is 0 Å². The molecule has 3 aromatic rings. The van der Waals surface area contributed by atoms with E-state index in [-0.39, 0.29) is 5.91 Å². The molecule has 0 radical (unpaired) electrons. The number of thiophene rings is 1. The number of nitrogens with one attached hydrogen (secondary N) is 2. The summed E-state index contributed by atoms with van der Waals surface area (Å²) in [6.45, 7) is 0. The van der Waals surface area contributed by atoms with Crippen molar-refractivity contribution in [2.45, 2.75) is 6.42 Å². The van der Waals surface area contributed by atoms with Crippen LogP contribution in [0.3, 0.4) is 0 Å². The molecule has 96 valence electrons. The summed E-state index contributed by atoms with van der Waals surface area (Å²) in [7, 11) is 0. The number of aromatic nitrogens is 1. The molecule has 0 spiro atoms. The maximum atomic E-state index is 11.9. The van der Waals surface area contributed by atoms with Crippen molar-refractivity contribution < 1.29 is 9.21 Å². The maximum absolute atomic E-state index is 11.9. The van der Waals surface area contributed by atoms with Gasteiger partial charge < -0.3 is 9.73 Å². The molecular weight excluding hydrogens is 264 g/mol. The number of H-pyrrole nitrogens is 1. The van der Waals surface area contributed by atoms with Crippen LogP contribution in [0.25, 0.3) is 11.1 Å². The smallest absolute Gasteiger partial charge is 0.408 e. The molecule has 1 aromatic carbocycles. The number of carbonyl (C=O) groups is 1. The molecule has 1 amide bonds. The number of oxazole rings is 1. The molecule has 0 fully saturated rings. The number of benzene rings is 1. The average molecular weight is 274 g/mol. The second-order valence-corrected chi connectivity index (χ2v) is 5.03. The summed E-state index contributed by atoms with van der Waals surface area (Å²) in [6, 6.07) is 8.92. The van der Waals surface area contributed by atoms with E-state index in [0.29, 0.717) is 23.2 Å². The van der Waals surface area contributed by atoms with Crippen LogP contribution in [0.15, 0.2) is 44.9 Å². The van der Waals surface area contributed by atoms with Crippen molar-refractivity contribution in [2.75, 3.05) is 5.32 Å². The molecule has 0 unspecified atom stereocenters. The first-order valence-electron chi connectivity index (χ1n) is 5.66. The van der Waals surface area contributed by atoms with Gasteiger partial charge in [-0.3, -0.25) is 9.78 Å². The number of anilines is 1. The lowest BCUT2D eigenvalue weighted by Crippen LogP contribution is -2.14. The van der Waals surface area contributed by atoms with Crippen molar-refractivity contribution in [2.24, 2.45) is 0 Å². The Morgan fingerprint density at radius 1 is 1.32 bits per heavy atom. The molecule has 0 bridgehead atoms. The summed E-state index contributed by atoms with van der Waals surface area (Å²) in [5.41, 5.74) is 1.48. The van der Waals surface area contributed by atoms with E-state index in [4.69, 9.17) is 4.42 Å². The molecule has 0 atom stereocenters. The van der Waals surface area contributed by atoms with E-state index in [9.17, 15) is 9.59 Å². The minimum absolute atomic E-state index is 0.128. The molecule has 5 nitrogen and oxygen atoms in total. The zero-order valence-electron chi connectivity index (χ0n) is 9.80. The average Bonchev–Trinajstić information content (AvgIpc) is 2.97. The summed E-state index contributed by atoms with van der Waals surface area (Å²) in [5, 5.41) is 4.70. The van der Waals surface area contributed by atoms with Gasteiger partial charge in [-0.1, -0.05) is 12.1 Å². The van der Waals surface area contributed by atoms with E-state index in [2.05, 4.69) is 10.3 Å². The molecule has 6 heteroatoms. The zero-order chi connectivity index (χ0) is 13.2. The first-order valence-corrected chi connectivity index (χ1v) is 6.54. The summed E-state index contributed by atoms with van der Waals surface area (Å²) >= 11 is 1.53. The van der Waals surface area contributed by atoms with E-state index < -0.39 is 5.76 Å². The number of hydrogen-bond acceptors (Lipinski definition) is 4. The molecule has 0 saturated carbocycles. The predicted molar refractivity (Wildman–Crippen MR) is 73.5 cm³/mol. The first kappa shape index (κ1) is 11.7. The van der Waals surface area contributed by atoms with Crippen LogP contribution in [0.4, 0.5) is 5.69 Å². The van der Waals surface area contributed by atoms with E-state index in [1.54, 1.807) is 18.2 Å². The van der Waals surface area contributed by atoms with Crippen LogP contribution >= 0.6 is 11.3 Å². The molecule has 19 heavy (non-hydrogen) atoms. The van der Waals surface area contributed by atoms with Crippen LogP contribution in [-0.2, 0) is 11.2 Å². The van der Waals surface area contributed by atoms with E-state index in [1.165, 1.54) is 11.3 Å². The Morgan fingerprint density at radius 2 is 2.21 bits per heavy atom. The van der Waals surface area contributed by atoms with Gasteiger partial charge in [-0.2, -0.15) is 0 Å². The Kier molecular flexibility index (Phi) is 2.92. The van der Waals surface area contributed by atoms with Crippen LogP contribution in [0, 0.1) is 0 Å². The third kappa shape index (κ3) is 2.43. The molecule has 2 heterocycles. The second-order valence-electron chi connectivity index (χ2n) is 4.00. The van der Waals surface area contributed by atoms with Crippen LogP contribution < -0.4 is 11.1 Å². The third-order valence-electron chi connectivity index (χ3n) is 2.64. The van der Waals surface area contributed by atoms with Crippen molar-refractivity contribution in [3.63, 3.8) is 0 Å². The van der Waals surface area contributed by atoms with E-state index in [1.807, 2.05) is 17.5 Å². The van der Waals surface area contributed by atoms with Crippen molar-refractivity contribution in [3.05, 3.63) is 51.1 Å². The Bertz CT molecular complexity index is 771. The van der Waals surface area contributed by atoms with Gasteiger partial charge in [0.15, 0.2) is 5.58 Å². The summed E-state index contributed by atoms with van der Waals surface area (Å²) < 4.78 is 4.94. The minimum Gasteiger partial charge on any atom is -0.408 e. The largest absolute Gasteiger partial charge is 0.417 e. The lowest BCUT2D eigenvalue weighted by atomic mass is 10.2. The van der Waals surface area contributed by atoms with Crippen molar-refractivity contribution >= 4 is 34.0 Å². The monoisotopic (exact) mass is 274 g/mol. The van der Waals surface area contributed by atoms with Crippen LogP contribution in [0.1, 0.15) is 4.88 Å².